The first kappa shape index (κ1) is 32.7. The van der Waals surface area contributed by atoms with E-state index in [1.54, 1.807) is 31.2 Å². The predicted molar refractivity (Wildman–Crippen MR) is 158 cm³/mol. The maximum atomic E-state index is 13.8. The first-order valence-corrected chi connectivity index (χ1v) is 15.6. The highest BCUT2D eigenvalue weighted by atomic mass is 16.5. The number of amides is 1. The topological polar surface area (TPSA) is 184 Å². The lowest BCUT2D eigenvalue weighted by Gasteiger charge is -2.57. The Morgan fingerprint density at radius 1 is 1.02 bits per heavy atom. The van der Waals surface area contributed by atoms with Gasteiger partial charge in [0, 0.05) is 30.6 Å². The zero-order valence-corrected chi connectivity index (χ0v) is 25.6. The average molecular weight is 624 g/mol. The van der Waals surface area contributed by atoms with Crippen molar-refractivity contribution in [2.24, 2.45) is 28.6 Å². The van der Waals surface area contributed by atoms with Crippen molar-refractivity contribution in [3.63, 3.8) is 0 Å². The number of benzene rings is 1. The van der Waals surface area contributed by atoms with E-state index < -0.39 is 71.7 Å². The van der Waals surface area contributed by atoms with Crippen LogP contribution in [0.2, 0.25) is 0 Å². The van der Waals surface area contributed by atoms with Crippen molar-refractivity contribution in [3.8, 4) is 0 Å². The molecule has 4 aliphatic carbocycles. The van der Waals surface area contributed by atoms with E-state index in [2.05, 4.69) is 12.2 Å². The highest BCUT2D eigenvalue weighted by Crippen LogP contribution is 2.66. The lowest BCUT2D eigenvalue weighted by atomic mass is 9.46. The number of hydrogen-bond donors (Lipinski definition) is 4. The molecule has 5 rings (SSSR count). The molecule has 0 saturated heterocycles. The highest BCUT2D eigenvalue weighted by molar-refractivity contribution is 5.95. The first-order valence-electron chi connectivity index (χ1n) is 15.6. The molecule has 3 saturated carbocycles. The molecule has 0 bridgehead atoms. The molecule has 4 aliphatic rings. The zero-order chi connectivity index (χ0) is 32.7. The average Bonchev–Trinajstić information content (AvgIpc) is 3.28. The van der Waals surface area contributed by atoms with Gasteiger partial charge in [0.2, 0.25) is 11.7 Å². The van der Waals surface area contributed by atoms with Gasteiger partial charge in [-0.25, -0.2) is 4.79 Å². The highest BCUT2D eigenvalue weighted by Gasteiger charge is 2.68. The van der Waals surface area contributed by atoms with Gasteiger partial charge in [0.15, 0.2) is 18.4 Å². The second kappa shape index (κ2) is 12.2. The van der Waals surface area contributed by atoms with Crippen LogP contribution in [0.15, 0.2) is 42.0 Å². The number of allylic oxidation sites excluding steroid dienone is 1. The number of ketones is 3. The molecule has 11 nitrogen and oxygen atoms in total. The Kier molecular flexibility index (Phi) is 8.89. The number of fused-ring (bicyclic) bond motifs is 5. The number of nitrogens with one attached hydrogen (secondary N) is 1. The standard InChI is InChI=1S/C34H41NO10/c1-32-14-12-21(36)16-20(32)8-9-22-23-13-15-34(44,33(23,2)17-24(37)28(22)32)25(38)18-45-27(40)11-10-26(39)35-29(31(42)43)30(41)19-6-4-3-5-7-19/h3-7,16,22-23,28-30,41,44H,8-15,17-18H2,1-2H3,(H,35,39)(H,42,43)/t22-,23+,28+,29-,30-,32+,33+,34+/m1/s1. The van der Waals surface area contributed by atoms with E-state index in [1.165, 1.54) is 12.1 Å². The summed E-state index contributed by atoms with van der Waals surface area (Å²) >= 11 is 0. The van der Waals surface area contributed by atoms with Gasteiger partial charge in [-0.1, -0.05) is 49.8 Å². The minimum absolute atomic E-state index is 0.00520. The molecule has 0 heterocycles. The number of carboxylic acid groups (broad SMARTS) is 1. The number of aliphatic hydroxyl groups excluding tert-OH is 1. The number of aliphatic hydroxyl groups is 2. The SMILES string of the molecule is C[C@]12CCC(=O)C=C1CC[C@H]1[C@H]2C(=O)C[C@@]2(C)[C@H]1CC[C@]2(O)C(=O)COC(=O)CCC(=O)N[C@@H](C(=O)O)[C@H](O)c1ccccc1. The monoisotopic (exact) mass is 623 g/mol. The molecule has 0 aliphatic heterocycles. The Balaban J connectivity index is 1.17. The molecule has 0 unspecified atom stereocenters. The van der Waals surface area contributed by atoms with Crippen molar-refractivity contribution in [1.82, 2.24) is 5.32 Å². The number of rotatable bonds is 10. The van der Waals surface area contributed by atoms with E-state index in [9.17, 15) is 44.1 Å². The number of carbonyl (C=O) groups excluding carboxylic acids is 5. The molecule has 0 radical (unpaired) electrons. The fourth-order valence-corrected chi connectivity index (χ4v) is 8.76. The van der Waals surface area contributed by atoms with Crippen LogP contribution in [-0.4, -0.2) is 68.8 Å². The summed E-state index contributed by atoms with van der Waals surface area (Å²) in [5.74, 6) is -4.12. The number of carbonyl (C=O) groups is 6. The lowest BCUT2D eigenvalue weighted by Crippen LogP contribution is -2.61. The third-order valence-electron chi connectivity index (χ3n) is 11.2. The van der Waals surface area contributed by atoms with Crippen LogP contribution in [0.25, 0.3) is 0 Å². The summed E-state index contributed by atoms with van der Waals surface area (Å²) in [6.45, 7) is 3.13. The van der Waals surface area contributed by atoms with E-state index in [0.29, 0.717) is 37.7 Å². The Morgan fingerprint density at radius 2 is 1.73 bits per heavy atom. The minimum atomic E-state index is -1.86. The van der Waals surface area contributed by atoms with Gasteiger partial charge in [-0.05, 0) is 61.0 Å². The van der Waals surface area contributed by atoms with Crippen molar-refractivity contribution in [2.45, 2.75) is 89.4 Å². The van der Waals surface area contributed by atoms with Crippen LogP contribution in [0, 0.1) is 28.6 Å². The molecule has 8 atom stereocenters. The minimum Gasteiger partial charge on any atom is -0.480 e. The van der Waals surface area contributed by atoms with Gasteiger partial charge in [-0.2, -0.15) is 0 Å². The van der Waals surface area contributed by atoms with Crippen LogP contribution >= 0.6 is 0 Å². The zero-order valence-electron chi connectivity index (χ0n) is 25.6. The molecule has 1 aromatic carbocycles. The largest absolute Gasteiger partial charge is 0.480 e. The molecule has 3 fully saturated rings. The summed E-state index contributed by atoms with van der Waals surface area (Å²) in [4.78, 5) is 75.9. The normalized spacial score (nSPS) is 33.5. The van der Waals surface area contributed by atoms with E-state index in [1.807, 2.05) is 0 Å². The molecule has 0 aromatic heterocycles. The molecule has 11 heteroatoms. The molecular weight excluding hydrogens is 582 g/mol. The molecule has 1 amide bonds. The van der Waals surface area contributed by atoms with E-state index >= 15 is 0 Å². The van der Waals surface area contributed by atoms with Crippen LogP contribution in [0.1, 0.15) is 83.3 Å². The predicted octanol–water partition coefficient (Wildman–Crippen LogP) is 2.62. The molecule has 0 spiro atoms. The summed E-state index contributed by atoms with van der Waals surface area (Å²) in [6, 6.07) is 6.33. The van der Waals surface area contributed by atoms with Crippen LogP contribution in [0.3, 0.4) is 0 Å². The molecule has 1 aromatic rings. The van der Waals surface area contributed by atoms with Gasteiger partial charge in [-0.3, -0.25) is 24.0 Å². The van der Waals surface area contributed by atoms with E-state index in [4.69, 9.17) is 4.74 Å². The lowest BCUT2D eigenvalue weighted by molar-refractivity contribution is -0.173. The van der Waals surface area contributed by atoms with Crippen molar-refractivity contribution in [1.29, 1.82) is 0 Å². The maximum Gasteiger partial charge on any atom is 0.329 e. The number of carboxylic acids is 1. The van der Waals surface area contributed by atoms with Gasteiger partial charge in [-0.15, -0.1) is 0 Å². The number of aliphatic carboxylic acids is 1. The summed E-state index contributed by atoms with van der Waals surface area (Å²) < 4.78 is 5.14. The first-order chi connectivity index (χ1) is 21.2. The van der Waals surface area contributed by atoms with Crippen molar-refractivity contribution < 1.29 is 48.8 Å². The Bertz CT molecular complexity index is 1440. The molecule has 242 valence electrons. The van der Waals surface area contributed by atoms with Crippen LogP contribution < -0.4 is 5.32 Å². The third-order valence-corrected chi connectivity index (χ3v) is 11.2. The second-order valence-electron chi connectivity index (χ2n) is 13.6. The third kappa shape index (κ3) is 5.76. The number of Topliss-reactive ketones (excluding diaryl/α,β-unsaturated/α-hetero) is 2. The summed E-state index contributed by atoms with van der Waals surface area (Å²) in [5.41, 5.74) is -1.96. The molecular formula is C34H41NO10. The van der Waals surface area contributed by atoms with Gasteiger partial charge in [0.1, 0.15) is 17.5 Å². The van der Waals surface area contributed by atoms with Crippen molar-refractivity contribution in [3.05, 3.63) is 47.5 Å². The second-order valence-corrected chi connectivity index (χ2v) is 13.6. The van der Waals surface area contributed by atoms with Gasteiger partial charge in [0.05, 0.1) is 6.42 Å². The van der Waals surface area contributed by atoms with Gasteiger partial charge < -0.3 is 25.4 Å². The molecule has 4 N–H and O–H groups in total. The van der Waals surface area contributed by atoms with E-state index in [-0.39, 0.29) is 42.2 Å². The summed E-state index contributed by atoms with van der Waals surface area (Å²) in [5, 5.41) is 33.9. The van der Waals surface area contributed by atoms with Crippen LogP contribution in [0.4, 0.5) is 0 Å². The quantitative estimate of drug-likeness (QED) is 0.283. The van der Waals surface area contributed by atoms with Crippen molar-refractivity contribution >= 4 is 35.2 Å². The number of esters is 1. The van der Waals surface area contributed by atoms with Gasteiger partial charge in [0.25, 0.3) is 0 Å². The van der Waals surface area contributed by atoms with Crippen molar-refractivity contribution in [2.75, 3.05) is 6.61 Å². The Labute approximate surface area is 261 Å². The summed E-state index contributed by atoms with van der Waals surface area (Å²) in [7, 11) is 0. The van der Waals surface area contributed by atoms with Crippen LogP contribution in [-0.2, 0) is 33.5 Å². The van der Waals surface area contributed by atoms with Gasteiger partial charge >= 0.3 is 11.9 Å². The van der Waals surface area contributed by atoms with Crippen LogP contribution in [0.5, 0.6) is 0 Å². The molecule has 45 heavy (non-hydrogen) atoms. The maximum absolute atomic E-state index is 13.8. The fourth-order valence-electron chi connectivity index (χ4n) is 8.76. The smallest absolute Gasteiger partial charge is 0.329 e. The Morgan fingerprint density at radius 3 is 2.42 bits per heavy atom. The number of hydrogen-bond acceptors (Lipinski definition) is 9. The Hall–Kier alpha value is -3.70. The van der Waals surface area contributed by atoms with E-state index in [0.717, 1.165) is 5.57 Å². The number of ether oxygens (including phenoxy) is 1. The summed E-state index contributed by atoms with van der Waals surface area (Å²) in [6.07, 6.45) is 2.45. The fraction of sp³-hybridized carbons (Fsp3) is 0.588.